The van der Waals surface area contributed by atoms with Crippen LogP contribution in [0.5, 0.6) is 0 Å². The van der Waals surface area contributed by atoms with Crippen LogP contribution < -0.4 is 0 Å². The summed E-state index contributed by atoms with van der Waals surface area (Å²) in [6.45, 7) is 2.30. The van der Waals surface area contributed by atoms with Crippen LogP contribution in [0.1, 0.15) is 23.1 Å². The summed E-state index contributed by atoms with van der Waals surface area (Å²) >= 11 is 0. The maximum atomic E-state index is 12.6. The van der Waals surface area contributed by atoms with Gasteiger partial charge in [-0.2, -0.15) is 0 Å². The molecule has 0 N–H and O–H groups in total. The molecule has 1 unspecified atom stereocenters. The molecule has 4 nitrogen and oxygen atoms in total. The summed E-state index contributed by atoms with van der Waals surface area (Å²) < 4.78 is 5.11. The number of ether oxygens (including phenoxy) is 1. The maximum absolute atomic E-state index is 12.6. The first-order chi connectivity index (χ1) is 11.6. The highest BCUT2D eigenvalue weighted by Gasteiger charge is 2.37. The van der Waals surface area contributed by atoms with Crippen LogP contribution in [0.2, 0.25) is 0 Å². The third-order valence-electron chi connectivity index (χ3n) is 4.41. The van der Waals surface area contributed by atoms with Crippen LogP contribution in [0.3, 0.4) is 0 Å². The normalized spacial score (nSPS) is 17.0. The molecule has 1 fully saturated rings. The number of benzene rings is 2. The molecule has 0 radical (unpaired) electrons. The molecule has 124 valence electrons. The third kappa shape index (κ3) is 3.65. The fourth-order valence-corrected chi connectivity index (χ4v) is 3.06. The summed E-state index contributed by atoms with van der Waals surface area (Å²) in [6, 6.07) is 17.6. The lowest BCUT2D eigenvalue weighted by Crippen LogP contribution is -2.40. The molecule has 0 spiro atoms. The second kappa shape index (κ2) is 7.30. The van der Waals surface area contributed by atoms with Crippen molar-refractivity contribution < 1.29 is 14.3 Å². The Morgan fingerprint density at radius 3 is 2.58 bits per heavy atom. The summed E-state index contributed by atoms with van der Waals surface area (Å²) in [6.07, 6.45) is 1.05. The highest BCUT2D eigenvalue weighted by molar-refractivity contribution is 5.93. The van der Waals surface area contributed by atoms with Crippen LogP contribution >= 0.6 is 0 Å². The predicted molar refractivity (Wildman–Crippen MR) is 91.6 cm³/mol. The Morgan fingerprint density at radius 1 is 1.12 bits per heavy atom. The number of aryl methyl sites for hydroxylation is 2. The summed E-state index contributed by atoms with van der Waals surface area (Å²) in [5.41, 5.74) is 3.39. The van der Waals surface area contributed by atoms with Gasteiger partial charge >= 0.3 is 6.09 Å². The number of hydrogen-bond acceptors (Lipinski definition) is 3. The standard InChI is InChI=1S/C20H21NO3/c1-15-7-5-6-10-17(15)11-12-19(22)21-18(14-24-20(21)23)13-16-8-3-2-4-9-16/h2-10,18H,11-14H2,1H3. The lowest BCUT2D eigenvalue weighted by atomic mass is 10.0. The van der Waals surface area contributed by atoms with E-state index in [-0.39, 0.29) is 18.6 Å². The first-order valence-corrected chi connectivity index (χ1v) is 8.22. The Hall–Kier alpha value is -2.62. The van der Waals surface area contributed by atoms with Gasteiger partial charge < -0.3 is 4.74 Å². The van der Waals surface area contributed by atoms with Crippen molar-refractivity contribution in [2.45, 2.75) is 32.2 Å². The molecule has 0 aromatic heterocycles. The zero-order valence-corrected chi connectivity index (χ0v) is 13.8. The van der Waals surface area contributed by atoms with E-state index in [0.717, 1.165) is 16.7 Å². The van der Waals surface area contributed by atoms with Gasteiger partial charge in [-0.25, -0.2) is 9.69 Å². The number of hydrogen-bond donors (Lipinski definition) is 0. The van der Waals surface area contributed by atoms with Gasteiger partial charge in [-0.3, -0.25) is 4.79 Å². The van der Waals surface area contributed by atoms with Gasteiger partial charge in [0.15, 0.2) is 0 Å². The molecule has 4 heteroatoms. The van der Waals surface area contributed by atoms with E-state index < -0.39 is 6.09 Å². The minimum Gasteiger partial charge on any atom is -0.447 e. The predicted octanol–water partition coefficient (Wildman–Crippen LogP) is 3.52. The number of carbonyl (C=O) groups is 2. The highest BCUT2D eigenvalue weighted by atomic mass is 16.6. The Labute approximate surface area is 142 Å². The van der Waals surface area contributed by atoms with Crippen molar-refractivity contribution in [1.82, 2.24) is 4.90 Å². The summed E-state index contributed by atoms with van der Waals surface area (Å²) in [7, 11) is 0. The number of amides is 2. The van der Waals surface area contributed by atoms with Crippen LogP contribution in [-0.4, -0.2) is 29.5 Å². The van der Waals surface area contributed by atoms with Crippen molar-refractivity contribution >= 4 is 12.0 Å². The van der Waals surface area contributed by atoms with Gasteiger partial charge in [0.1, 0.15) is 6.61 Å². The van der Waals surface area contributed by atoms with Gasteiger partial charge in [-0.15, -0.1) is 0 Å². The van der Waals surface area contributed by atoms with Gasteiger partial charge in [0.2, 0.25) is 5.91 Å². The molecule has 1 saturated heterocycles. The molecule has 1 atom stereocenters. The highest BCUT2D eigenvalue weighted by Crippen LogP contribution is 2.19. The van der Waals surface area contributed by atoms with Gasteiger partial charge in [0.05, 0.1) is 6.04 Å². The van der Waals surface area contributed by atoms with Crippen LogP contribution in [0.4, 0.5) is 4.79 Å². The molecule has 0 aliphatic carbocycles. The first-order valence-electron chi connectivity index (χ1n) is 8.22. The van der Waals surface area contributed by atoms with Gasteiger partial charge in [0.25, 0.3) is 0 Å². The van der Waals surface area contributed by atoms with Crippen molar-refractivity contribution in [2.75, 3.05) is 6.61 Å². The average molecular weight is 323 g/mol. The number of imide groups is 1. The molecule has 1 aliphatic heterocycles. The minimum absolute atomic E-state index is 0.165. The van der Waals surface area contributed by atoms with Crippen LogP contribution in [0.25, 0.3) is 0 Å². The van der Waals surface area contributed by atoms with Crippen LogP contribution in [0.15, 0.2) is 54.6 Å². The third-order valence-corrected chi connectivity index (χ3v) is 4.41. The smallest absolute Gasteiger partial charge is 0.416 e. The fraction of sp³-hybridized carbons (Fsp3) is 0.300. The average Bonchev–Trinajstić information content (AvgIpc) is 2.95. The minimum atomic E-state index is -0.522. The topological polar surface area (TPSA) is 46.6 Å². The van der Waals surface area contributed by atoms with E-state index in [9.17, 15) is 9.59 Å². The molecule has 1 aliphatic rings. The van der Waals surface area contributed by atoms with E-state index >= 15 is 0 Å². The van der Waals surface area contributed by atoms with E-state index in [1.54, 1.807) is 0 Å². The summed E-state index contributed by atoms with van der Waals surface area (Å²) in [5.74, 6) is -0.165. The molecule has 1 heterocycles. The van der Waals surface area contributed by atoms with Crippen LogP contribution in [0, 0.1) is 6.92 Å². The number of nitrogens with zero attached hydrogens (tertiary/aromatic N) is 1. The number of cyclic esters (lactones) is 1. The number of rotatable bonds is 5. The van der Waals surface area contributed by atoms with E-state index in [1.807, 2.05) is 61.5 Å². The molecule has 2 aromatic rings. The summed E-state index contributed by atoms with van der Waals surface area (Å²) in [5, 5.41) is 0. The van der Waals surface area contributed by atoms with E-state index in [0.29, 0.717) is 19.3 Å². The monoisotopic (exact) mass is 323 g/mol. The van der Waals surface area contributed by atoms with Crippen molar-refractivity contribution in [1.29, 1.82) is 0 Å². The Bertz CT molecular complexity index is 727. The lowest BCUT2D eigenvalue weighted by molar-refractivity contribution is -0.129. The van der Waals surface area contributed by atoms with Gasteiger partial charge in [-0.05, 0) is 36.5 Å². The largest absolute Gasteiger partial charge is 0.447 e. The Morgan fingerprint density at radius 2 is 1.83 bits per heavy atom. The maximum Gasteiger partial charge on any atom is 0.416 e. The zero-order chi connectivity index (χ0) is 16.9. The molecule has 2 aromatic carbocycles. The summed E-state index contributed by atoms with van der Waals surface area (Å²) in [4.78, 5) is 25.8. The van der Waals surface area contributed by atoms with Crippen molar-refractivity contribution in [2.24, 2.45) is 0 Å². The van der Waals surface area contributed by atoms with E-state index in [4.69, 9.17) is 4.74 Å². The van der Waals surface area contributed by atoms with E-state index in [1.165, 1.54) is 4.90 Å². The first kappa shape index (κ1) is 16.2. The molecular weight excluding hydrogens is 302 g/mol. The molecular formula is C20H21NO3. The molecule has 3 rings (SSSR count). The van der Waals surface area contributed by atoms with Crippen molar-refractivity contribution in [3.63, 3.8) is 0 Å². The van der Waals surface area contributed by atoms with Gasteiger partial charge in [0, 0.05) is 6.42 Å². The second-order valence-corrected chi connectivity index (χ2v) is 6.11. The zero-order valence-electron chi connectivity index (χ0n) is 13.8. The molecule has 0 bridgehead atoms. The second-order valence-electron chi connectivity index (χ2n) is 6.11. The van der Waals surface area contributed by atoms with Crippen molar-refractivity contribution in [3.05, 3.63) is 71.3 Å². The molecule has 2 amide bonds. The van der Waals surface area contributed by atoms with E-state index in [2.05, 4.69) is 0 Å². The fourth-order valence-electron chi connectivity index (χ4n) is 3.06. The number of carbonyl (C=O) groups excluding carboxylic acids is 2. The molecule has 24 heavy (non-hydrogen) atoms. The Kier molecular flexibility index (Phi) is 4.94. The lowest BCUT2D eigenvalue weighted by Gasteiger charge is -2.20. The quantitative estimate of drug-likeness (QED) is 0.846. The van der Waals surface area contributed by atoms with Crippen molar-refractivity contribution in [3.8, 4) is 0 Å². The molecule has 0 saturated carbocycles. The van der Waals surface area contributed by atoms with Gasteiger partial charge in [-0.1, -0.05) is 54.6 Å². The Balaban J connectivity index is 1.65. The SMILES string of the molecule is Cc1ccccc1CCC(=O)N1C(=O)OCC1Cc1ccccc1. The van der Waals surface area contributed by atoms with Crippen LogP contribution in [-0.2, 0) is 22.4 Å².